The van der Waals surface area contributed by atoms with E-state index >= 15 is 4.57 Å². The smallest absolute Gasteiger partial charge is 0.171 e. The van der Waals surface area contributed by atoms with Gasteiger partial charge in [0.1, 0.15) is 11.6 Å². The van der Waals surface area contributed by atoms with E-state index in [4.69, 9.17) is 0 Å². The summed E-state index contributed by atoms with van der Waals surface area (Å²) in [6.07, 6.45) is 0. The zero-order chi connectivity index (χ0) is 32.4. The predicted octanol–water partition coefficient (Wildman–Crippen LogP) is 9.80. The highest BCUT2D eigenvalue weighted by Gasteiger charge is 2.32. The third-order valence-electron chi connectivity index (χ3n) is 9.30. The number of hydrogen-bond donors (Lipinski definition) is 0. The molecule has 3 nitrogen and oxygen atoms in total. The second kappa shape index (κ2) is 10.9. The second-order valence-corrected chi connectivity index (χ2v) is 14.8. The molecule has 7 aromatic carbocycles. The Morgan fingerprint density at radius 3 is 1.15 bits per heavy atom. The number of aromatic nitrogens is 2. The molecular formula is C42H27F2N2OP. The van der Waals surface area contributed by atoms with E-state index in [9.17, 15) is 8.78 Å². The Kier molecular flexibility index (Phi) is 6.46. The summed E-state index contributed by atoms with van der Waals surface area (Å²) in [6, 6.07) is 50.8. The van der Waals surface area contributed by atoms with Gasteiger partial charge in [0, 0.05) is 48.8 Å². The largest absolute Gasteiger partial charge is 0.309 e. The molecule has 0 amide bonds. The fourth-order valence-electron chi connectivity index (χ4n) is 7.15. The predicted molar refractivity (Wildman–Crippen MR) is 194 cm³/mol. The van der Waals surface area contributed by atoms with Crippen molar-refractivity contribution in [2.75, 3.05) is 0 Å². The molecular weight excluding hydrogens is 617 g/mol. The van der Waals surface area contributed by atoms with Gasteiger partial charge in [-0.3, -0.25) is 0 Å². The summed E-state index contributed by atoms with van der Waals surface area (Å²) in [5, 5.41) is 5.74. The minimum Gasteiger partial charge on any atom is -0.309 e. The van der Waals surface area contributed by atoms with Crippen LogP contribution in [0.3, 0.4) is 0 Å². The van der Waals surface area contributed by atoms with Crippen LogP contribution in [0.5, 0.6) is 0 Å². The van der Waals surface area contributed by atoms with Crippen LogP contribution in [0.1, 0.15) is 0 Å². The molecule has 0 saturated carbocycles. The van der Waals surface area contributed by atoms with E-state index in [1.165, 1.54) is 12.1 Å². The Bertz CT molecular complexity index is 2550. The third kappa shape index (κ3) is 4.28. The summed E-state index contributed by atoms with van der Waals surface area (Å²) < 4.78 is 49.4. The SMILES string of the molecule is O=P(c1ccccc1)(c1ccc2c3ccc(F)cc3n(-c3ccccc3)c2c1)c1ccc2c3ccc(F)cc3n(-c3ccccc3)c2c1. The van der Waals surface area contributed by atoms with Crippen LogP contribution >= 0.6 is 7.14 Å². The summed E-state index contributed by atoms with van der Waals surface area (Å²) in [6.45, 7) is 0. The van der Waals surface area contributed by atoms with Gasteiger partial charge in [0.2, 0.25) is 0 Å². The van der Waals surface area contributed by atoms with Crippen molar-refractivity contribution in [3.63, 3.8) is 0 Å². The molecule has 0 aliphatic carbocycles. The molecule has 0 bridgehead atoms. The Hall–Kier alpha value is -5.77. The van der Waals surface area contributed by atoms with E-state index in [1.807, 2.05) is 149 Å². The van der Waals surface area contributed by atoms with Crippen molar-refractivity contribution >= 4 is 66.7 Å². The van der Waals surface area contributed by atoms with Gasteiger partial charge in [0.25, 0.3) is 0 Å². The minimum absolute atomic E-state index is 0.320. The zero-order valence-corrected chi connectivity index (χ0v) is 26.5. The van der Waals surface area contributed by atoms with Gasteiger partial charge < -0.3 is 13.7 Å². The molecule has 0 spiro atoms. The lowest BCUT2D eigenvalue weighted by molar-refractivity contribution is 0.592. The third-order valence-corrected chi connectivity index (χ3v) is 12.3. The highest BCUT2D eigenvalue weighted by Crippen LogP contribution is 2.45. The van der Waals surface area contributed by atoms with Crippen LogP contribution in [0.4, 0.5) is 8.78 Å². The first-order valence-electron chi connectivity index (χ1n) is 15.8. The van der Waals surface area contributed by atoms with Crippen molar-refractivity contribution in [1.82, 2.24) is 9.13 Å². The number of para-hydroxylation sites is 2. The molecule has 48 heavy (non-hydrogen) atoms. The number of benzene rings is 7. The normalized spacial score (nSPS) is 12.0. The van der Waals surface area contributed by atoms with Crippen LogP contribution in [0, 0.1) is 11.6 Å². The molecule has 2 aromatic heterocycles. The van der Waals surface area contributed by atoms with Crippen LogP contribution in [0.25, 0.3) is 55.0 Å². The van der Waals surface area contributed by atoms with Crippen LogP contribution in [0.2, 0.25) is 0 Å². The number of hydrogen-bond acceptors (Lipinski definition) is 1. The van der Waals surface area contributed by atoms with Gasteiger partial charge in [-0.05, 0) is 72.8 Å². The zero-order valence-electron chi connectivity index (χ0n) is 25.6. The quantitative estimate of drug-likeness (QED) is 0.171. The minimum atomic E-state index is -3.49. The first-order valence-corrected chi connectivity index (χ1v) is 17.5. The Morgan fingerprint density at radius 1 is 0.375 bits per heavy atom. The highest BCUT2D eigenvalue weighted by molar-refractivity contribution is 7.85. The molecule has 0 fully saturated rings. The first kappa shape index (κ1) is 28.5. The van der Waals surface area contributed by atoms with Gasteiger partial charge in [-0.2, -0.15) is 0 Å². The molecule has 9 aromatic rings. The molecule has 0 aliphatic heterocycles. The van der Waals surface area contributed by atoms with Crippen molar-refractivity contribution in [2.24, 2.45) is 0 Å². The number of nitrogens with zero attached hydrogens (tertiary/aromatic N) is 2. The number of fused-ring (bicyclic) bond motifs is 6. The molecule has 230 valence electrons. The van der Waals surface area contributed by atoms with Crippen LogP contribution in [-0.2, 0) is 4.57 Å². The molecule has 0 N–H and O–H groups in total. The maximum Gasteiger partial charge on any atom is 0.171 e. The van der Waals surface area contributed by atoms with Crippen molar-refractivity contribution in [1.29, 1.82) is 0 Å². The Morgan fingerprint density at radius 2 is 0.729 bits per heavy atom. The lowest BCUT2D eigenvalue weighted by Crippen LogP contribution is -2.25. The molecule has 6 heteroatoms. The van der Waals surface area contributed by atoms with E-state index < -0.39 is 7.14 Å². The molecule has 0 atom stereocenters. The van der Waals surface area contributed by atoms with Gasteiger partial charge in [-0.1, -0.05) is 91.0 Å². The van der Waals surface area contributed by atoms with Crippen molar-refractivity contribution in [3.8, 4) is 11.4 Å². The van der Waals surface area contributed by atoms with E-state index in [0.29, 0.717) is 15.9 Å². The van der Waals surface area contributed by atoms with Gasteiger partial charge in [0.05, 0.1) is 22.1 Å². The molecule has 0 aliphatic rings. The van der Waals surface area contributed by atoms with Crippen molar-refractivity contribution < 1.29 is 13.3 Å². The fourth-order valence-corrected chi connectivity index (χ4v) is 9.81. The van der Waals surface area contributed by atoms with E-state index in [-0.39, 0.29) is 11.6 Å². The molecule has 0 saturated heterocycles. The van der Waals surface area contributed by atoms with Gasteiger partial charge in [-0.15, -0.1) is 0 Å². The van der Waals surface area contributed by atoms with Gasteiger partial charge >= 0.3 is 0 Å². The topological polar surface area (TPSA) is 26.9 Å². The highest BCUT2D eigenvalue weighted by atomic mass is 31.2. The number of halogens is 2. The standard InChI is InChI=1S/C42H27F2N2OP/c43-28-16-20-35-37-22-18-33(26-41(37)45(39(35)24-28)30-10-4-1-5-11-30)48(47,32-14-8-3-9-15-32)34-19-23-38-36-21-17-29(44)25-40(36)46(42(38)27-34)31-12-6-2-7-13-31/h1-27H. The van der Waals surface area contributed by atoms with Crippen LogP contribution in [-0.4, -0.2) is 9.13 Å². The number of rotatable bonds is 5. The van der Waals surface area contributed by atoms with E-state index in [1.54, 1.807) is 12.1 Å². The molecule has 9 rings (SSSR count). The summed E-state index contributed by atoms with van der Waals surface area (Å²) >= 11 is 0. The average molecular weight is 645 g/mol. The second-order valence-electron chi connectivity index (χ2n) is 12.0. The van der Waals surface area contributed by atoms with Gasteiger partial charge in [-0.25, -0.2) is 8.78 Å². The fraction of sp³-hybridized carbons (Fsp3) is 0. The van der Waals surface area contributed by atoms with Gasteiger partial charge in [0.15, 0.2) is 7.14 Å². The summed E-state index contributed by atoms with van der Waals surface area (Å²) in [7, 11) is -3.49. The van der Waals surface area contributed by atoms with E-state index in [0.717, 1.165) is 55.0 Å². The maximum atomic E-state index is 16.0. The molecule has 0 radical (unpaired) electrons. The van der Waals surface area contributed by atoms with Crippen LogP contribution in [0.15, 0.2) is 164 Å². The lowest BCUT2D eigenvalue weighted by Gasteiger charge is -2.21. The molecule has 2 heterocycles. The summed E-state index contributed by atoms with van der Waals surface area (Å²) in [5.41, 5.74) is 4.93. The Balaban J connectivity index is 1.36. The first-order chi connectivity index (χ1) is 23.5. The summed E-state index contributed by atoms with van der Waals surface area (Å²) in [4.78, 5) is 0. The van der Waals surface area contributed by atoms with E-state index in [2.05, 4.69) is 0 Å². The van der Waals surface area contributed by atoms with Crippen LogP contribution < -0.4 is 15.9 Å². The Labute approximate surface area is 275 Å². The molecule has 0 unspecified atom stereocenters. The van der Waals surface area contributed by atoms with Crippen molar-refractivity contribution in [2.45, 2.75) is 0 Å². The average Bonchev–Trinajstić information content (AvgIpc) is 3.63. The summed E-state index contributed by atoms with van der Waals surface area (Å²) in [5.74, 6) is -0.640. The maximum absolute atomic E-state index is 16.0. The van der Waals surface area contributed by atoms with Crippen molar-refractivity contribution in [3.05, 3.63) is 175 Å². The monoisotopic (exact) mass is 644 g/mol. The lowest BCUT2D eigenvalue weighted by atomic mass is 10.1.